The first-order chi connectivity index (χ1) is 27.7. The molecule has 0 aliphatic heterocycles. The quantitative estimate of drug-likeness (QED) is 0.0345. The van der Waals surface area contributed by atoms with Crippen LogP contribution in [0.5, 0.6) is 0 Å². The molecule has 0 saturated heterocycles. The van der Waals surface area contributed by atoms with Crippen molar-refractivity contribution in [2.24, 2.45) is 29.0 Å². The van der Waals surface area contributed by atoms with Crippen molar-refractivity contribution >= 4 is 53.3 Å². The van der Waals surface area contributed by atoms with E-state index in [9.17, 15) is 58.5 Å². The van der Waals surface area contributed by atoms with E-state index in [1.807, 2.05) is 0 Å². The third kappa shape index (κ3) is 20.0. The fourth-order valence-electron chi connectivity index (χ4n) is 5.65. The number of unbranched alkanes of at least 4 members (excludes halogenated alkanes) is 1. The van der Waals surface area contributed by atoms with E-state index in [0.717, 1.165) is 0 Å². The number of carbonyl (C=O) groups is 9. The SMILES string of the molecule is CC(C)C[C@H](NC(=O)[C@H](CCC(N)=O)NC(=O)[C@H](CC(C)C)NC(=O)[C@H](CC(=O)O)NC(=O)[C@H](CCCCN)NC(=O)[C@H](Cc1cnc[nH]1)NC(=O)[C@@H](N)CO)C(=O)O. The number of H-pyrrole nitrogens is 1. The number of aliphatic hydroxyl groups is 1. The number of aliphatic hydroxyl groups excluding tert-OH is 1. The number of nitrogens with two attached hydrogens (primary N) is 3. The highest BCUT2D eigenvalue weighted by Gasteiger charge is 2.35. The zero-order chi connectivity index (χ0) is 44.8. The maximum atomic E-state index is 13.7. The summed E-state index contributed by atoms with van der Waals surface area (Å²) < 4.78 is 0. The standard InChI is InChI=1S/C36H61N11O12/c1-18(2)11-24(33(55)43-23(8-9-28(39)49)32(54)47-27(36(58)59)12-19(3)4)45-35(57)26(14-29(50)51)46-31(53)22(7-5-6-10-37)42-34(56)25(13-20-15-40-17-41-20)44-30(52)21(38)16-48/h15,17-19,21-27,48H,5-14,16,37-38H2,1-4H3,(H2,39,49)(H,40,41)(H,42,56)(H,43,55)(H,44,52)(H,45,57)(H,46,53)(H,47,54)(H,50,51)(H,58,59)/t21-,22-,23-,24-,25-,26-,27-/m0/s1. The summed E-state index contributed by atoms with van der Waals surface area (Å²) in [7, 11) is 0. The molecule has 1 aromatic heterocycles. The van der Waals surface area contributed by atoms with Gasteiger partial charge in [0, 0.05) is 24.7 Å². The number of amides is 7. The van der Waals surface area contributed by atoms with E-state index in [2.05, 4.69) is 41.9 Å². The summed E-state index contributed by atoms with van der Waals surface area (Å²) in [5, 5.41) is 43.1. The van der Waals surface area contributed by atoms with Crippen LogP contribution in [0.15, 0.2) is 12.5 Å². The Morgan fingerprint density at radius 1 is 0.678 bits per heavy atom. The normalized spacial score (nSPS) is 14.7. The van der Waals surface area contributed by atoms with Crippen molar-refractivity contribution in [2.45, 2.75) is 128 Å². The Morgan fingerprint density at radius 3 is 1.64 bits per heavy atom. The summed E-state index contributed by atoms with van der Waals surface area (Å²) in [6, 6.07) is -10.1. The maximum Gasteiger partial charge on any atom is 0.326 e. The first-order valence-corrected chi connectivity index (χ1v) is 19.3. The van der Waals surface area contributed by atoms with Gasteiger partial charge in [-0.1, -0.05) is 27.7 Å². The van der Waals surface area contributed by atoms with Crippen molar-refractivity contribution in [1.29, 1.82) is 0 Å². The van der Waals surface area contributed by atoms with Crippen molar-refractivity contribution in [1.82, 2.24) is 41.9 Å². The van der Waals surface area contributed by atoms with Crippen LogP contribution in [0.2, 0.25) is 0 Å². The van der Waals surface area contributed by atoms with Gasteiger partial charge in [0.05, 0.1) is 19.4 Å². The van der Waals surface area contributed by atoms with Crippen LogP contribution in [-0.2, 0) is 49.6 Å². The Hall–Kier alpha value is -5.68. The van der Waals surface area contributed by atoms with Gasteiger partial charge in [0.2, 0.25) is 41.4 Å². The van der Waals surface area contributed by atoms with E-state index in [1.165, 1.54) is 12.5 Å². The summed E-state index contributed by atoms with van der Waals surface area (Å²) in [4.78, 5) is 122. The molecule has 0 aliphatic rings. The highest BCUT2D eigenvalue weighted by molar-refractivity contribution is 5.98. The average Bonchev–Trinajstić information content (AvgIpc) is 3.66. The van der Waals surface area contributed by atoms with Crippen LogP contribution in [0.25, 0.3) is 0 Å². The molecule has 0 fully saturated rings. The van der Waals surface area contributed by atoms with Crippen LogP contribution in [0.1, 0.15) is 84.8 Å². The van der Waals surface area contributed by atoms with Gasteiger partial charge in [-0.25, -0.2) is 9.78 Å². The minimum absolute atomic E-state index is 0.0376. The molecule has 0 aromatic carbocycles. The lowest BCUT2D eigenvalue weighted by Gasteiger charge is -2.28. The number of imidazole rings is 1. The number of nitrogens with zero attached hydrogens (tertiary/aromatic N) is 1. The maximum absolute atomic E-state index is 13.7. The van der Waals surface area contributed by atoms with E-state index in [4.69, 9.17) is 17.2 Å². The molecule has 23 nitrogen and oxygen atoms in total. The number of nitrogens with one attached hydrogen (secondary N) is 7. The Kier molecular flexibility index (Phi) is 22.9. The fraction of sp³-hybridized carbons (Fsp3) is 0.667. The van der Waals surface area contributed by atoms with Crippen molar-refractivity contribution in [3.63, 3.8) is 0 Å². The Morgan fingerprint density at radius 2 is 1.15 bits per heavy atom. The third-order valence-corrected chi connectivity index (χ3v) is 8.71. The van der Waals surface area contributed by atoms with Crippen LogP contribution in [0, 0.1) is 11.8 Å². The molecule has 332 valence electrons. The number of carboxylic acid groups (broad SMARTS) is 2. The van der Waals surface area contributed by atoms with Gasteiger partial charge in [0.1, 0.15) is 42.3 Å². The van der Waals surface area contributed by atoms with Crippen molar-refractivity contribution in [2.75, 3.05) is 13.2 Å². The van der Waals surface area contributed by atoms with Crippen molar-refractivity contribution < 1.29 is 58.5 Å². The first-order valence-electron chi connectivity index (χ1n) is 19.3. The van der Waals surface area contributed by atoms with Gasteiger partial charge in [0.25, 0.3) is 0 Å². The second-order valence-corrected chi connectivity index (χ2v) is 14.9. The molecule has 1 heterocycles. The molecule has 1 rings (SSSR count). The number of hydrogen-bond acceptors (Lipinski definition) is 13. The first kappa shape index (κ1) is 51.3. The summed E-state index contributed by atoms with van der Waals surface area (Å²) in [5.74, 6) is -9.77. The number of hydrogen-bond donors (Lipinski definition) is 13. The van der Waals surface area contributed by atoms with E-state index < -0.39 is 109 Å². The zero-order valence-electron chi connectivity index (χ0n) is 33.8. The minimum Gasteiger partial charge on any atom is -0.481 e. The number of carboxylic acids is 2. The van der Waals surface area contributed by atoms with Gasteiger partial charge in [-0.3, -0.25) is 38.4 Å². The Balaban J connectivity index is 3.38. The van der Waals surface area contributed by atoms with E-state index >= 15 is 0 Å². The lowest BCUT2D eigenvalue weighted by Crippen LogP contribution is -2.60. The van der Waals surface area contributed by atoms with Crippen LogP contribution < -0.4 is 49.1 Å². The number of aromatic amines is 1. The lowest BCUT2D eigenvalue weighted by atomic mass is 10.0. The van der Waals surface area contributed by atoms with Crippen molar-refractivity contribution in [3.05, 3.63) is 18.2 Å². The van der Waals surface area contributed by atoms with E-state index in [0.29, 0.717) is 18.5 Å². The molecule has 59 heavy (non-hydrogen) atoms. The van der Waals surface area contributed by atoms with Crippen LogP contribution >= 0.6 is 0 Å². The second kappa shape index (κ2) is 26.3. The number of aromatic nitrogens is 2. The predicted molar refractivity (Wildman–Crippen MR) is 209 cm³/mol. The lowest BCUT2D eigenvalue weighted by molar-refractivity contribution is -0.143. The minimum atomic E-state index is -1.80. The van der Waals surface area contributed by atoms with Gasteiger partial charge < -0.3 is 69.4 Å². The molecular formula is C36H61N11O12. The van der Waals surface area contributed by atoms with Crippen LogP contribution in [0.4, 0.5) is 0 Å². The number of primary amides is 1. The van der Waals surface area contributed by atoms with Gasteiger partial charge in [-0.2, -0.15) is 0 Å². The van der Waals surface area contributed by atoms with Crippen LogP contribution in [-0.4, -0.2) is 134 Å². The zero-order valence-corrected chi connectivity index (χ0v) is 33.8. The second-order valence-electron chi connectivity index (χ2n) is 14.9. The molecule has 0 radical (unpaired) electrons. The highest BCUT2D eigenvalue weighted by Crippen LogP contribution is 2.11. The van der Waals surface area contributed by atoms with Crippen LogP contribution in [0.3, 0.4) is 0 Å². The predicted octanol–water partition coefficient (Wildman–Crippen LogP) is -3.77. The fourth-order valence-corrected chi connectivity index (χ4v) is 5.65. The molecule has 23 heteroatoms. The number of rotatable bonds is 29. The molecule has 7 amide bonds. The molecule has 0 saturated carbocycles. The molecular weight excluding hydrogens is 778 g/mol. The Labute approximate surface area is 341 Å². The molecule has 0 bridgehead atoms. The molecule has 7 atom stereocenters. The molecule has 16 N–H and O–H groups in total. The smallest absolute Gasteiger partial charge is 0.326 e. The van der Waals surface area contributed by atoms with E-state index in [-0.39, 0.29) is 56.9 Å². The third-order valence-electron chi connectivity index (χ3n) is 8.71. The molecule has 0 aliphatic carbocycles. The molecule has 0 spiro atoms. The number of carbonyl (C=O) groups excluding carboxylic acids is 7. The van der Waals surface area contributed by atoms with Gasteiger partial charge >= 0.3 is 11.9 Å². The van der Waals surface area contributed by atoms with Gasteiger partial charge in [-0.05, 0) is 56.9 Å². The summed E-state index contributed by atoms with van der Waals surface area (Å²) in [6.45, 7) is 6.40. The van der Waals surface area contributed by atoms with E-state index in [1.54, 1.807) is 27.7 Å². The van der Waals surface area contributed by atoms with Gasteiger partial charge in [-0.15, -0.1) is 0 Å². The summed E-state index contributed by atoms with van der Waals surface area (Å²) >= 11 is 0. The number of aliphatic carboxylic acids is 2. The Bertz CT molecular complexity index is 1570. The van der Waals surface area contributed by atoms with Crippen molar-refractivity contribution in [3.8, 4) is 0 Å². The summed E-state index contributed by atoms with van der Waals surface area (Å²) in [5.41, 5.74) is 16.9. The largest absolute Gasteiger partial charge is 0.481 e. The highest BCUT2D eigenvalue weighted by atomic mass is 16.4. The van der Waals surface area contributed by atoms with Gasteiger partial charge in [0.15, 0.2) is 0 Å². The molecule has 0 unspecified atom stereocenters. The topological polar surface area (TPSA) is 393 Å². The summed E-state index contributed by atoms with van der Waals surface area (Å²) in [6.07, 6.45) is 1.60. The molecule has 1 aromatic rings. The monoisotopic (exact) mass is 839 g/mol. The average molecular weight is 840 g/mol.